The number of carbonyl (C=O) groups excluding carboxylic acids is 2. The predicted molar refractivity (Wildman–Crippen MR) is 79.7 cm³/mol. The van der Waals surface area contributed by atoms with E-state index in [2.05, 4.69) is 15.6 Å². The Hall–Kier alpha value is -2.16. The molecule has 8 nitrogen and oxygen atoms in total. The third kappa shape index (κ3) is 2.63. The number of aromatic nitrogens is 1. The number of amides is 4. The van der Waals surface area contributed by atoms with Gasteiger partial charge in [-0.05, 0) is 27.7 Å². The van der Waals surface area contributed by atoms with Gasteiger partial charge in [0, 0.05) is 10.4 Å². The lowest BCUT2D eigenvalue weighted by molar-refractivity contribution is -0.125. The van der Waals surface area contributed by atoms with Gasteiger partial charge >= 0.3 is 12.1 Å². The number of thiazole rings is 1. The first-order chi connectivity index (χ1) is 10.1. The van der Waals surface area contributed by atoms with Gasteiger partial charge in [-0.3, -0.25) is 10.1 Å². The highest BCUT2D eigenvalue weighted by molar-refractivity contribution is 7.09. The molecule has 2 heterocycles. The SMILES string of the molecule is Cc1scnc1[C@@]1(CN(C(=O)O)C(C)(C)C)NC(=O)NC1=O. The Bertz CT molecular complexity index is 636. The Kier molecular flexibility index (Phi) is 3.86. The summed E-state index contributed by atoms with van der Waals surface area (Å²) in [7, 11) is 0. The Balaban J connectivity index is 2.52. The maximum atomic E-state index is 12.4. The third-order valence-corrected chi connectivity index (χ3v) is 4.28. The van der Waals surface area contributed by atoms with Crippen LogP contribution in [0, 0.1) is 6.92 Å². The van der Waals surface area contributed by atoms with Crippen LogP contribution in [0.5, 0.6) is 0 Å². The summed E-state index contributed by atoms with van der Waals surface area (Å²) in [5.41, 5.74) is -0.313. The molecule has 1 fully saturated rings. The molecule has 1 aromatic heterocycles. The van der Waals surface area contributed by atoms with E-state index in [0.717, 1.165) is 9.78 Å². The molecule has 1 atom stereocenters. The van der Waals surface area contributed by atoms with Crippen molar-refractivity contribution in [1.82, 2.24) is 20.5 Å². The summed E-state index contributed by atoms with van der Waals surface area (Å²) in [6.07, 6.45) is -1.17. The normalized spacial score (nSPS) is 21.5. The minimum absolute atomic E-state index is 0.214. The highest BCUT2D eigenvalue weighted by Crippen LogP contribution is 2.31. The fraction of sp³-hybridized carbons (Fsp3) is 0.538. The molecule has 3 N–H and O–H groups in total. The summed E-state index contributed by atoms with van der Waals surface area (Å²) in [4.78, 5) is 41.7. The van der Waals surface area contributed by atoms with E-state index in [0.29, 0.717) is 5.69 Å². The molecule has 0 radical (unpaired) electrons. The average molecular weight is 326 g/mol. The molecule has 1 saturated heterocycles. The molecule has 1 aromatic rings. The van der Waals surface area contributed by atoms with Gasteiger partial charge in [0.25, 0.3) is 5.91 Å². The summed E-state index contributed by atoms with van der Waals surface area (Å²) in [6, 6.07) is -0.656. The van der Waals surface area contributed by atoms with Gasteiger partial charge in [-0.25, -0.2) is 14.6 Å². The fourth-order valence-corrected chi connectivity index (χ4v) is 3.04. The summed E-state index contributed by atoms with van der Waals surface area (Å²) < 4.78 is 0. The molecule has 0 saturated carbocycles. The molecule has 0 bridgehead atoms. The van der Waals surface area contributed by atoms with Crippen LogP contribution in [0.3, 0.4) is 0 Å². The van der Waals surface area contributed by atoms with Crippen LogP contribution in [0.4, 0.5) is 9.59 Å². The highest BCUT2D eigenvalue weighted by Gasteiger charge is 2.53. The zero-order valence-electron chi connectivity index (χ0n) is 12.8. The molecule has 120 valence electrons. The largest absolute Gasteiger partial charge is 0.465 e. The number of nitrogens with one attached hydrogen (secondary N) is 2. The smallest absolute Gasteiger partial charge is 0.407 e. The van der Waals surface area contributed by atoms with Crippen molar-refractivity contribution in [3.8, 4) is 0 Å². The van der Waals surface area contributed by atoms with Crippen molar-refractivity contribution < 1.29 is 19.5 Å². The number of carbonyl (C=O) groups is 3. The van der Waals surface area contributed by atoms with Crippen molar-refractivity contribution in [2.45, 2.75) is 38.8 Å². The van der Waals surface area contributed by atoms with Gasteiger partial charge in [-0.2, -0.15) is 0 Å². The molecule has 0 aromatic carbocycles. The van der Waals surface area contributed by atoms with Crippen LogP contribution < -0.4 is 10.6 Å². The predicted octanol–water partition coefficient (Wildman–Crippen LogP) is 1.26. The summed E-state index contributed by atoms with van der Waals surface area (Å²) in [5.74, 6) is -0.595. The van der Waals surface area contributed by atoms with Crippen LogP contribution in [0.1, 0.15) is 31.3 Å². The van der Waals surface area contributed by atoms with Gasteiger partial charge in [0.1, 0.15) is 0 Å². The minimum Gasteiger partial charge on any atom is -0.465 e. The van der Waals surface area contributed by atoms with Gasteiger partial charge < -0.3 is 15.3 Å². The van der Waals surface area contributed by atoms with Crippen molar-refractivity contribution in [2.24, 2.45) is 0 Å². The van der Waals surface area contributed by atoms with E-state index >= 15 is 0 Å². The number of hydrogen-bond donors (Lipinski definition) is 3. The Morgan fingerprint density at radius 3 is 2.45 bits per heavy atom. The molecule has 0 unspecified atom stereocenters. The first-order valence-electron chi connectivity index (χ1n) is 6.62. The van der Waals surface area contributed by atoms with Crippen LogP contribution >= 0.6 is 11.3 Å². The Morgan fingerprint density at radius 2 is 2.09 bits per heavy atom. The van der Waals surface area contributed by atoms with E-state index in [4.69, 9.17) is 0 Å². The fourth-order valence-electron chi connectivity index (χ4n) is 2.39. The van der Waals surface area contributed by atoms with E-state index in [1.54, 1.807) is 33.2 Å². The van der Waals surface area contributed by atoms with Gasteiger partial charge in [-0.1, -0.05) is 0 Å². The zero-order chi connectivity index (χ0) is 16.7. The second kappa shape index (κ2) is 5.24. The first kappa shape index (κ1) is 16.2. The van der Waals surface area contributed by atoms with Crippen LogP contribution in [0.25, 0.3) is 0 Å². The third-order valence-electron chi connectivity index (χ3n) is 3.53. The van der Waals surface area contributed by atoms with Gasteiger partial charge in [-0.15, -0.1) is 11.3 Å². The highest BCUT2D eigenvalue weighted by atomic mass is 32.1. The molecule has 1 aliphatic heterocycles. The van der Waals surface area contributed by atoms with Crippen molar-refractivity contribution in [3.63, 3.8) is 0 Å². The van der Waals surface area contributed by atoms with Crippen molar-refractivity contribution in [1.29, 1.82) is 0 Å². The van der Waals surface area contributed by atoms with E-state index in [9.17, 15) is 19.5 Å². The number of imide groups is 1. The van der Waals surface area contributed by atoms with Crippen LogP contribution in [0.2, 0.25) is 0 Å². The number of carboxylic acid groups (broad SMARTS) is 1. The summed E-state index contributed by atoms with van der Waals surface area (Å²) in [5, 5.41) is 14.2. The maximum Gasteiger partial charge on any atom is 0.407 e. The number of aryl methyl sites for hydroxylation is 1. The van der Waals surface area contributed by atoms with Gasteiger partial charge in [0.2, 0.25) is 0 Å². The van der Waals surface area contributed by atoms with Crippen LogP contribution in [0.15, 0.2) is 5.51 Å². The van der Waals surface area contributed by atoms with E-state index < -0.39 is 29.1 Å². The number of hydrogen-bond acceptors (Lipinski definition) is 5. The monoisotopic (exact) mass is 326 g/mol. The summed E-state index contributed by atoms with van der Waals surface area (Å²) >= 11 is 1.33. The molecule has 1 aliphatic rings. The van der Waals surface area contributed by atoms with Gasteiger partial charge in [0.15, 0.2) is 5.54 Å². The maximum absolute atomic E-state index is 12.4. The van der Waals surface area contributed by atoms with Crippen molar-refractivity contribution >= 4 is 29.4 Å². The van der Waals surface area contributed by atoms with E-state index in [1.165, 1.54) is 11.3 Å². The molecular weight excluding hydrogens is 308 g/mol. The second-order valence-electron chi connectivity index (χ2n) is 6.11. The number of nitrogens with zero attached hydrogens (tertiary/aromatic N) is 2. The molecule has 9 heteroatoms. The molecular formula is C13H18N4O4S. The average Bonchev–Trinajstić information content (AvgIpc) is 2.89. The van der Waals surface area contributed by atoms with Crippen molar-refractivity contribution in [3.05, 3.63) is 16.1 Å². The molecule has 0 aliphatic carbocycles. The standard InChI is InChI=1S/C13H18N4O4S/c1-7-8(14-6-22-7)13(9(18)15-10(19)16-13)5-17(11(20)21)12(2,3)4/h6H,5H2,1-4H3,(H,20,21)(H2,15,16,18,19)/t13-/m1/s1. The van der Waals surface area contributed by atoms with Gasteiger partial charge in [0.05, 0.1) is 17.7 Å². The Morgan fingerprint density at radius 1 is 1.45 bits per heavy atom. The van der Waals surface area contributed by atoms with E-state index in [1.807, 2.05) is 0 Å². The molecule has 0 spiro atoms. The molecule has 4 amide bonds. The lowest BCUT2D eigenvalue weighted by Gasteiger charge is -2.38. The Labute approximate surface area is 131 Å². The molecule has 2 rings (SSSR count). The number of rotatable bonds is 3. The zero-order valence-corrected chi connectivity index (χ0v) is 13.6. The second-order valence-corrected chi connectivity index (χ2v) is 7.17. The number of urea groups is 1. The van der Waals surface area contributed by atoms with Crippen LogP contribution in [-0.2, 0) is 10.3 Å². The first-order valence-corrected chi connectivity index (χ1v) is 7.50. The minimum atomic E-state index is -1.51. The van der Waals surface area contributed by atoms with E-state index in [-0.39, 0.29) is 6.54 Å². The van der Waals surface area contributed by atoms with Crippen LogP contribution in [-0.4, -0.2) is 45.1 Å². The lowest BCUT2D eigenvalue weighted by Crippen LogP contribution is -2.58. The quantitative estimate of drug-likeness (QED) is 0.724. The summed E-state index contributed by atoms with van der Waals surface area (Å²) in [6.45, 7) is 6.72. The van der Waals surface area contributed by atoms with Crippen molar-refractivity contribution in [2.75, 3.05) is 6.54 Å². The topological polar surface area (TPSA) is 112 Å². The lowest BCUT2D eigenvalue weighted by atomic mass is 9.91. The molecule has 22 heavy (non-hydrogen) atoms.